The number of benzene rings is 1. The Bertz CT molecular complexity index is 916. The standard InChI is InChI=1S/C16H16ClFN4OS2/c1-10-19-11(8-25-10)6-15-20-22(16(24)23-15)9-21(2)7-12-13(17)4-3-5-14(12)18/h3-5,8H,6-7,9H2,1-2H3/p+1. The Hall–Kier alpha value is -1.61. The van der Waals surface area contributed by atoms with Crippen LogP contribution in [0.3, 0.4) is 0 Å². The second-order valence-corrected chi connectivity index (χ2v) is 7.61. The minimum absolute atomic E-state index is 0.293. The monoisotopic (exact) mass is 399 g/mol. The third-order valence-corrected chi connectivity index (χ3v) is 5.08. The highest BCUT2D eigenvalue weighted by molar-refractivity contribution is 7.71. The number of quaternary nitrogens is 1. The molecule has 5 nitrogen and oxygen atoms in total. The second-order valence-electron chi connectivity index (χ2n) is 5.79. The van der Waals surface area contributed by atoms with Crippen LogP contribution < -0.4 is 4.90 Å². The van der Waals surface area contributed by atoms with Crippen molar-refractivity contribution in [1.29, 1.82) is 0 Å². The van der Waals surface area contributed by atoms with Gasteiger partial charge in [0.2, 0.25) is 5.89 Å². The summed E-state index contributed by atoms with van der Waals surface area (Å²) in [6.45, 7) is 2.82. The molecule has 1 N–H and O–H groups in total. The Labute approximate surface area is 158 Å². The fourth-order valence-corrected chi connectivity index (χ4v) is 3.52. The number of nitrogens with one attached hydrogen (secondary N) is 1. The normalized spacial score (nSPS) is 12.5. The lowest BCUT2D eigenvalue weighted by Crippen LogP contribution is -3.07. The maximum absolute atomic E-state index is 13.9. The summed E-state index contributed by atoms with van der Waals surface area (Å²) in [6, 6.07) is 4.68. The fourth-order valence-electron chi connectivity index (χ4n) is 2.48. The lowest BCUT2D eigenvalue weighted by atomic mass is 10.2. The summed E-state index contributed by atoms with van der Waals surface area (Å²) in [5.74, 6) is 0.210. The molecule has 0 amide bonds. The third kappa shape index (κ3) is 4.52. The molecule has 3 aromatic rings. The first-order valence-electron chi connectivity index (χ1n) is 7.64. The van der Waals surface area contributed by atoms with E-state index in [0.29, 0.717) is 40.9 Å². The van der Waals surface area contributed by atoms with Crippen LogP contribution in [-0.2, 0) is 19.6 Å². The highest BCUT2D eigenvalue weighted by atomic mass is 35.5. The Morgan fingerprint density at radius 3 is 2.92 bits per heavy atom. The SMILES string of the molecule is Cc1nc(Cc2nn(C[NH+](C)Cc3c(F)cccc3Cl)c(=S)o2)cs1. The van der Waals surface area contributed by atoms with Crippen molar-refractivity contribution < 1.29 is 13.7 Å². The number of aromatic nitrogens is 3. The number of hydrogen-bond acceptors (Lipinski definition) is 5. The molecule has 2 heterocycles. The van der Waals surface area contributed by atoms with E-state index in [0.717, 1.165) is 15.6 Å². The van der Waals surface area contributed by atoms with Crippen molar-refractivity contribution in [2.45, 2.75) is 26.6 Å². The van der Waals surface area contributed by atoms with E-state index in [1.54, 1.807) is 28.2 Å². The van der Waals surface area contributed by atoms with Crippen LogP contribution >= 0.6 is 35.2 Å². The van der Waals surface area contributed by atoms with Crippen molar-refractivity contribution >= 4 is 35.2 Å². The lowest BCUT2D eigenvalue weighted by molar-refractivity contribution is -0.917. The minimum Gasteiger partial charge on any atom is -0.413 e. The topological polar surface area (TPSA) is 48.3 Å². The molecule has 0 radical (unpaired) electrons. The molecule has 0 saturated carbocycles. The quantitative estimate of drug-likeness (QED) is 0.647. The molecule has 0 aliphatic carbocycles. The van der Waals surface area contributed by atoms with Crippen LogP contribution in [0.1, 0.15) is 22.2 Å². The molecule has 2 aromatic heterocycles. The number of halogens is 2. The number of nitrogens with zero attached hydrogens (tertiary/aromatic N) is 3. The van der Waals surface area contributed by atoms with E-state index in [1.165, 1.54) is 6.07 Å². The van der Waals surface area contributed by atoms with E-state index in [9.17, 15) is 4.39 Å². The van der Waals surface area contributed by atoms with E-state index < -0.39 is 0 Å². The van der Waals surface area contributed by atoms with E-state index in [4.69, 9.17) is 28.2 Å². The molecule has 0 spiro atoms. The van der Waals surface area contributed by atoms with Gasteiger partial charge < -0.3 is 9.32 Å². The van der Waals surface area contributed by atoms with Gasteiger partial charge in [-0.05, 0) is 31.3 Å². The maximum atomic E-state index is 13.9. The van der Waals surface area contributed by atoms with Crippen molar-refractivity contribution in [2.75, 3.05) is 7.05 Å². The van der Waals surface area contributed by atoms with E-state index in [-0.39, 0.29) is 5.82 Å². The smallest absolute Gasteiger partial charge is 0.291 e. The zero-order chi connectivity index (χ0) is 18.0. The average Bonchev–Trinajstić information content (AvgIpc) is 3.09. The van der Waals surface area contributed by atoms with Gasteiger partial charge >= 0.3 is 0 Å². The average molecular weight is 400 g/mol. The van der Waals surface area contributed by atoms with Crippen LogP contribution in [0.5, 0.6) is 0 Å². The zero-order valence-electron chi connectivity index (χ0n) is 13.8. The lowest BCUT2D eigenvalue weighted by Gasteiger charge is -2.14. The molecular formula is C16H17ClFN4OS2+. The predicted octanol–water partition coefficient (Wildman–Crippen LogP) is 3.03. The Kier molecular flexibility index (Phi) is 5.63. The van der Waals surface area contributed by atoms with Crippen LogP contribution in [-0.4, -0.2) is 21.8 Å². The van der Waals surface area contributed by atoms with Gasteiger partial charge in [-0.3, -0.25) is 0 Å². The van der Waals surface area contributed by atoms with Gasteiger partial charge in [-0.1, -0.05) is 17.7 Å². The Morgan fingerprint density at radius 1 is 1.44 bits per heavy atom. The van der Waals surface area contributed by atoms with Crippen LogP contribution in [0.2, 0.25) is 5.02 Å². The van der Waals surface area contributed by atoms with Crippen molar-refractivity contribution in [3.05, 3.63) is 61.4 Å². The van der Waals surface area contributed by atoms with Gasteiger partial charge in [0.1, 0.15) is 12.4 Å². The van der Waals surface area contributed by atoms with Gasteiger partial charge in [-0.2, -0.15) is 4.68 Å². The maximum Gasteiger partial charge on any atom is 0.291 e. The summed E-state index contributed by atoms with van der Waals surface area (Å²) in [7, 11) is 1.92. The van der Waals surface area contributed by atoms with Gasteiger partial charge in [0.15, 0.2) is 6.67 Å². The van der Waals surface area contributed by atoms with Crippen LogP contribution in [0.25, 0.3) is 0 Å². The van der Waals surface area contributed by atoms with Gasteiger partial charge in [0.05, 0.1) is 34.8 Å². The van der Waals surface area contributed by atoms with Crippen LogP contribution in [0.4, 0.5) is 4.39 Å². The molecule has 1 unspecified atom stereocenters. The van der Waals surface area contributed by atoms with Gasteiger partial charge in [0.25, 0.3) is 4.84 Å². The summed E-state index contributed by atoms with van der Waals surface area (Å²) in [4.78, 5) is 5.67. The third-order valence-electron chi connectivity index (χ3n) is 3.61. The van der Waals surface area contributed by atoms with Gasteiger partial charge in [-0.15, -0.1) is 16.4 Å². The fraction of sp³-hybridized carbons (Fsp3) is 0.312. The molecule has 25 heavy (non-hydrogen) atoms. The largest absolute Gasteiger partial charge is 0.413 e. The first-order chi connectivity index (χ1) is 11.9. The zero-order valence-corrected chi connectivity index (χ0v) is 16.1. The van der Waals surface area contributed by atoms with Crippen molar-refractivity contribution in [3.8, 4) is 0 Å². The molecule has 0 aliphatic rings. The van der Waals surface area contributed by atoms with Crippen LogP contribution in [0.15, 0.2) is 28.0 Å². The van der Waals surface area contributed by atoms with E-state index in [2.05, 4.69) is 10.1 Å². The summed E-state index contributed by atoms with van der Waals surface area (Å²) in [5.41, 5.74) is 1.39. The molecule has 3 rings (SSSR count). The Morgan fingerprint density at radius 2 is 2.24 bits per heavy atom. The van der Waals surface area contributed by atoms with Crippen molar-refractivity contribution in [2.24, 2.45) is 0 Å². The molecule has 0 fully saturated rings. The summed E-state index contributed by atoms with van der Waals surface area (Å²) in [5, 5.41) is 7.80. The molecule has 1 aromatic carbocycles. The molecule has 1 atom stereocenters. The molecule has 0 bridgehead atoms. The highest BCUT2D eigenvalue weighted by Gasteiger charge is 2.15. The summed E-state index contributed by atoms with van der Waals surface area (Å²) in [6.07, 6.45) is 0.499. The Balaban J connectivity index is 1.69. The number of aryl methyl sites for hydroxylation is 1. The molecule has 132 valence electrons. The predicted molar refractivity (Wildman–Crippen MR) is 97.0 cm³/mol. The van der Waals surface area contributed by atoms with Crippen LogP contribution in [0, 0.1) is 17.6 Å². The summed E-state index contributed by atoms with van der Waals surface area (Å²) < 4.78 is 21.1. The number of rotatable bonds is 6. The molecule has 0 saturated heterocycles. The first-order valence-corrected chi connectivity index (χ1v) is 9.31. The van der Waals surface area contributed by atoms with Gasteiger partial charge in [0, 0.05) is 5.38 Å². The van der Waals surface area contributed by atoms with Gasteiger partial charge in [-0.25, -0.2) is 9.37 Å². The minimum atomic E-state index is -0.310. The van der Waals surface area contributed by atoms with E-state index in [1.807, 2.05) is 19.4 Å². The van der Waals surface area contributed by atoms with Crippen molar-refractivity contribution in [1.82, 2.24) is 14.8 Å². The highest BCUT2D eigenvalue weighted by Crippen LogP contribution is 2.17. The second kappa shape index (κ2) is 7.74. The molecule has 9 heteroatoms. The molecule has 0 aliphatic heterocycles. The summed E-state index contributed by atoms with van der Waals surface area (Å²) >= 11 is 12.9. The number of thiazole rings is 1. The molecular weight excluding hydrogens is 383 g/mol. The van der Waals surface area contributed by atoms with E-state index >= 15 is 0 Å². The first kappa shape index (κ1) is 18.2. The number of hydrogen-bond donors (Lipinski definition) is 1. The van der Waals surface area contributed by atoms with Crippen molar-refractivity contribution in [3.63, 3.8) is 0 Å².